The highest BCUT2D eigenvalue weighted by Gasteiger charge is 2.31. The highest BCUT2D eigenvalue weighted by atomic mass is 35.5. The van der Waals surface area contributed by atoms with Crippen molar-refractivity contribution in [3.63, 3.8) is 0 Å². The van der Waals surface area contributed by atoms with Crippen LogP contribution < -0.4 is 10.6 Å². The van der Waals surface area contributed by atoms with Crippen LogP contribution in [0.25, 0.3) is 10.9 Å². The molecule has 152 valence electrons. The van der Waals surface area contributed by atoms with Crippen molar-refractivity contribution in [3.8, 4) is 0 Å². The van der Waals surface area contributed by atoms with Gasteiger partial charge in [0.1, 0.15) is 0 Å². The van der Waals surface area contributed by atoms with Crippen molar-refractivity contribution in [2.24, 2.45) is 11.7 Å². The molecule has 2 aromatic carbocycles. The predicted molar refractivity (Wildman–Crippen MR) is 120 cm³/mol. The molecule has 2 heterocycles. The van der Waals surface area contributed by atoms with E-state index in [-0.39, 0.29) is 5.91 Å². The van der Waals surface area contributed by atoms with E-state index in [1.54, 1.807) is 0 Å². The Morgan fingerprint density at radius 1 is 1.31 bits per heavy atom. The molecule has 1 aliphatic rings. The summed E-state index contributed by atoms with van der Waals surface area (Å²) >= 11 is 6.23. The lowest BCUT2D eigenvalue weighted by molar-refractivity contribution is -0.120. The molecule has 3 N–H and O–H groups in total. The summed E-state index contributed by atoms with van der Waals surface area (Å²) in [5.41, 5.74) is 10.6. The number of rotatable bonds is 5. The minimum atomic E-state index is -0.601. The summed E-state index contributed by atoms with van der Waals surface area (Å²) in [6.07, 6.45) is 3.37. The van der Waals surface area contributed by atoms with Crippen molar-refractivity contribution >= 4 is 34.1 Å². The monoisotopic (exact) mass is 410 g/mol. The third-order valence-corrected chi connectivity index (χ3v) is 5.84. The summed E-state index contributed by atoms with van der Waals surface area (Å²) in [5.74, 6) is 0.308. The van der Waals surface area contributed by atoms with Gasteiger partial charge in [-0.15, -0.1) is 0 Å². The second-order valence-corrected chi connectivity index (χ2v) is 8.66. The molecule has 2 unspecified atom stereocenters. The number of amides is 1. The molecule has 2 atom stereocenters. The lowest BCUT2D eigenvalue weighted by Crippen LogP contribution is -2.50. The van der Waals surface area contributed by atoms with E-state index in [9.17, 15) is 4.79 Å². The van der Waals surface area contributed by atoms with Crippen LogP contribution >= 0.6 is 11.6 Å². The molecule has 0 radical (unpaired) electrons. The molecule has 0 saturated heterocycles. The summed E-state index contributed by atoms with van der Waals surface area (Å²) in [4.78, 5) is 20.7. The number of halogens is 1. The topological polar surface area (TPSA) is 65.4 Å². The van der Waals surface area contributed by atoms with E-state index in [1.807, 2.05) is 47.5 Å². The highest BCUT2D eigenvalue weighted by Crippen LogP contribution is 2.33. The largest absolute Gasteiger partial charge is 0.361 e. The molecule has 0 fully saturated rings. The summed E-state index contributed by atoms with van der Waals surface area (Å²) < 4.78 is 0. The number of anilines is 1. The van der Waals surface area contributed by atoms with E-state index in [4.69, 9.17) is 17.3 Å². The van der Waals surface area contributed by atoms with Gasteiger partial charge in [-0.25, -0.2) is 0 Å². The van der Waals surface area contributed by atoms with Gasteiger partial charge in [0.2, 0.25) is 5.91 Å². The van der Waals surface area contributed by atoms with E-state index >= 15 is 0 Å². The van der Waals surface area contributed by atoms with Gasteiger partial charge < -0.3 is 20.5 Å². The number of aromatic nitrogens is 1. The second-order valence-electron chi connectivity index (χ2n) is 8.22. The highest BCUT2D eigenvalue weighted by molar-refractivity contribution is 6.30. The number of fused-ring (bicyclic) bond motifs is 2. The smallest absolute Gasteiger partial charge is 0.244 e. The van der Waals surface area contributed by atoms with Crippen LogP contribution in [0.2, 0.25) is 5.02 Å². The Bertz CT molecular complexity index is 1030. The normalized spacial score (nSPS) is 17.6. The van der Waals surface area contributed by atoms with Crippen LogP contribution in [0.3, 0.4) is 0 Å². The van der Waals surface area contributed by atoms with Gasteiger partial charge in [0.15, 0.2) is 0 Å². The van der Waals surface area contributed by atoms with Crippen molar-refractivity contribution < 1.29 is 4.79 Å². The molecule has 0 spiro atoms. The number of hydrogen-bond acceptors (Lipinski definition) is 3. The maximum absolute atomic E-state index is 13.4. The van der Waals surface area contributed by atoms with E-state index < -0.39 is 6.04 Å². The van der Waals surface area contributed by atoms with Crippen LogP contribution in [-0.4, -0.2) is 49.0 Å². The number of nitrogens with zero attached hydrogens (tertiary/aromatic N) is 2. The molecule has 1 aliphatic heterocycles. The quantitative estimate of drug-likeness (QED) is 0.677. The first-order chi connectivity index (χ1) is 13.9. The zero-order chi connectivity index (χ0) is 20.5. The maximum Gasteiger partial charge on any atom is 0.244 e. The number of aromatic amines is 1. The molecule has 5 nitrogen and oxygen atoms in total. The van der Waals surface area contributed by atoms with Gasteiger partial charge in [-0.3, -0.25) is 4.79 Å². The van der Waals surface area contributed by atoms with Gasteiger partial charge >= 0.3 is 0 Å². The standard InChI is InChI=1S/C23H27ClN4O/c1-27(2)13-15-9-16-10-18(24)7-8-22(16)28(14-15)23(29)20(25)11-17-12-26-21-6-4-3-5-19(17)21/h3-8,10,12,15,20,26H,9,11,13-14,25H2,1-2H3. The lowest BCUT2D eigenvalue weighted by atomic mass is 9.91. The molecule has 29 heavy (non-hydrogen) atoms. The first kappa shape index (κ1) is 20.0. The number of carbonyl (C=O) groups is 1. The zero-order valence-corrected chi connectivity index (χ0v) is 17.6. The minimum absolute atomic E-state index is 0.0395. The number of nitrogens with one attached hydrogen (secondary N) is 1. The molecule has 6 heteroatoms. The number of para-hydroxylation sites is 1. The molecule has 1 aromatic heterocycles. The molecule has 1 amide bonds. The van der Waals surface area contributed by atoms with Crippen molar-refractivity contribution in [1.82, 2.24) is 9.88 Å². The summed E-state index contributed by atoms with van der Waals surface area (Å²) in [7, 11) is 4.12. The van der Waals surface area contributed by atoms with Gasteiger partial charge in [-0.1, -0.05) is 29.8 Å². The summed E-state index contributed by atoms with van der Waals surface area (Å²) in [6.45, 7) is 1.58. The van der Waals surface area contributed by atoms with Gasteiger partial charge in [0.25, 0.3) is 0 Å². The Labute approximate surface area is 176 Å². The molecule has 3 aromatic rings. The Hall–Kier alpha value is -2.34. The molecular formula is C23H27ClN4O. The van der Waals surface area contributed by atoms with Crippen LogP contribution in [0.1, 0.15) is 11.1 Å². The van der Waals surface area contributed by atoms with Crippen LogP contribution in [0.15, 0.2) is 48.7 Å². The maximum atomic E-state index is 13.4. The second kappa shape index (κ2) is 8.19. The van der Waals surface area contributed by atoms with Crippen molar-refractivity contribution in [3.05, 3.63) is 64.8 Å². The van der Waals surface area contributed by atoms with Gasteiger partial charge in [0.05, 0.1) is 6.04 Å². The third kappa shape index (κ3) is 4.17. The number of carbonyl (C=O) groups excluding carboxylic acids is 1. The SMILES string of the molecule is CN(C)CC1Cc2cc(Cl)ccc2N(C(=O)C(N)Cc2c[nH]c3ccccc23)C1. The number of H-pyrrole nitrogens is 1. The summed E-state index contributed by atoms with van der Waals surface area (Å²) in [6, 6.07) is 13.3. The van der Waals surface area contributed by atoms with E-state index in [0.29, 0.717) is 23.9 Å². The Balaban J connectivity index is 1.59. The first-order valence-electron chi connectivity index (χ1n) is 9.97. The van der Waals surface area contributed by atoms with E-state index in [2.05, 4.69) is 30.0 Å². The van der Waals surface area contributed by atoms with Gasteiger partial charge in [0, 0.05) is 40.9 Å². The van der Waals surface area contributed by atoms with E-state index in [0.717, 1.165) is 40.7 Å². The minimum Gasteiger partial charge on any atom is -0.361 e. The fourth-order valence-corrected chi connectivity index (χ4v) is 4.58. The van der Waals surface area contributed by atoms with Crippen LogP contribution in [-0.2, 0) is 17.6 Å². The predicted octanol–water partition coefficient (Wildman–Crippen LogP) is 3.46. The summed E-state index contributed by atoms with van der Waals surface area (Å²) in [5, 5.41) is 1.82. The molecule has 4 rings (SSSR count). The fraction of sp³-hybridized carbons (Fsp3) is 0.348. The van der Waals surface area contributed by atoms with Crippen LogP contribution in [0.5, 0.6) is 0 Å². The average molecular weight is 411 g/mol. The molecule has 0 aliphatic carbocycles. The van der Waals surface area contributed by atoms with Crippen molar-refractivity contribution in [2.45, 2.75) is 18.9 Å². The van der Waals surface area contributed by atoms with Crippen LogP contribution in [0, 0.1) is 5.92 Å². The van der Waals surface area contributed by atoms with Crippen LogP contribution in [0.4, 0.5) is 5.69 Å². The molecule has 0 saturated carbocycles. The Morgan fingerprint density at radius 2 is 2.10 bits per heavy atom. The van der Waals surface area contributed by atoms with E-state index in [1.165, 1.54) is 0 Å². The van der Waals surface area contributed by atoms with Crippen molar-refractivity contribution in [1.29, 1.82) is 0 Å². The fourth-order valence-electron chi connectivity index (χ4n) is 4.39. The van der Waals surface area contributed by atoms with Gasteiger partial charge in [-0.2, -0.15) is 0 Å². The first-order valence-corrected chi connectivity index (χ1v) is 10.4. The number of nitrogens with two attached hydrogens (primary N) is 1. The Kier molecular flexibility index (Phi) is 5.63. The van der Waals surface area contributed by atoms with Gasteiger partial charge in [-0.05, 0) is 68.2 Å². The Morgan fingerprint density at radius 3 is 2.90 bits per heavy atom. The average Bonchev–Trinajstić information content (AvgIpc) is 3.09. The van der Waals surface area contributed by atoms with Crippen molar-refractivity contribution in [2.75, 3.05) is 32.1 Å². The molecule has 0 bridgehead atoms. The lowest BCUT2D eigenvalue weighted by Gasteiger charge is -2.37. The number of hydrogen-bond donors (Lipinski definition) is 2. The molecular weight excluding hydrogens is 384 g/mol. The zero-order valence-electron chi connectivity index (χ0n) is 16.9. The third-order valence-electron chi connectivity index (χ3n) is 5.60. The number of benzene rings is 2.